The number of nitrogens with one attached hydrogen (secondary N) is 1. The molecule has 1 aliphatic heterocycles. The molecule has 0 aromatic heterocycles. The second-order valence-corrected chi connectivity index (χ2v) is 8.12. The second-order valence-electron chi connectivity index (χ2n) is 8.12. The topological polar surface area (TPSA) is 86.7 Å². The normalized spacial score (nSPS) is 23.2. The first-order chi connectivity index (χ1) is 13.5. The zero-order valence-corrected chi connectivity index (χ0v) is 16.3. The standard InChI is InChI=1S/C22H30N2O4/c25-20(15-23-21(26)18-6-8-19(9-7-18)22(27)28)24-12-10-17(11-13-24)14-16-4-2-1-3-5-16/h1-5,17-19H,6-15H2,(H,23,26)(H,27,28). The summed E-state index contributed by atoms with van der Waals surface area (Å²) in [6.07, 6.45) is 5.29. The van der Waals surface area contributed by atoms with Gasteiger partial charge in [0.15, 0.2) is 0 Å². The van der Waals surface area contributed by atoms with Crippen molar-refractivity contribution in [1.82, 2.24) is 10.2 Å². The molecule has 0 unspecified atom stereocenters. The van der Waals surface area contributed by atoms with Crippen LogP contribution in [-0.2, 0) is 20.8 Å². The zero-order chi connectivity index (χ0) is 19.9. The van der Waals surface area contributed by atoms with Crippen molar-refractivity contribution in [2.45, 2.75) is 44.9 Å². The number of amides is 2. The molecular weight excluding hydrogens is 356 g/mol. The molecule has 1 aliphatic carbocycles. The molecule has 3 rings (SSSR count). The van der Waals surface area contributed by atoms with Crippen LogP contribution in [-0.4, -0.2) is 47.4 Å². The van der Waals surface area contributed by atoms with Crippen LogP contribution in [0.15, 0.2) is 30.3 Å². The monoisotopic (exact) mass is 386 g/mol. The Morgan fingerprint density at radius 3 is 2.14 bits per heavy atom. The van der Waals surface area contributed by atoms with E-state index in [1.165, 1.54) is 5.56 Å². The summed E-state index contributed by atoms with van der Waals surface area (Å²) in [5, 5.41) is 11.8. The Hall–Kier alpha value is -2.37. The number of likely N-dealkylation sites (tertiary alicyclic amines) is 1. The van der Waals surface area contributed by atoms with Gasteiger partial charge in [-0.3, -0.25) is 14.4 Å². The summed E-state index contributed by atoms with van der Waals surface area (Å²) in [5.74, 6) is -0.806. The number of carbonyl (C=O) groups excluding carboxylic acids is 2. The minimum absolute atomic E-state index is 0.0225. The highest BCUT2D eigenvalue weighted by atomic mass is 16.4. The molecule has 2 aliphatic rings. The molecule has 6 nitrogen and oxygen atoms in total. The van der Waals surface area contributed by atoms with E-state index in [-0.39, 0.29) is 30.2 Å². The van der Waals surface area contributed by atoms with E-state index in [1.54, 1.807) is 0 Å². The lowest BCUT2D eigenvalue weighted by molar-refractivity contribution is -0.144. The Morgan fingerprint density at radius 1 is 0.929 bits per heavy atom. The predicted octanol–water partition coefficient (Wildman–Crippen LogP) is 2.47. The fourth-order valence-corrected chi connectivity index (χ4v) is 4.36. The number of rotatable bonds is 6. The van der Waals surface area contributed by atoms with E-state index in [0.717, 1.165) is 32.4 Å². The van der Waals surface area contributed by atoms with Crippen molar-refractivity contribution in [2.75, 3.05) is 19.6 Å². The summed E-state index contributed by atoms with van der Waals surface area (Å²) < 4.78 is 0. The number of benzene rings is 1. The Kier molecular flexibility index (Phi) is 7.06. The lowest BCUT2D eigenvalue weighted by atomic mass is 9.81. The number of hydrogen-bond acceptors (Lipinski definition) is 3. The Morgan fingerprint density at radius 2 is 1.54 bits per heavy atom. The predicted molar refractivity (Wildman–Crippen MR) is 106 cm³/mol. The highest BCUT2D eigenvalue weighted by Crippen LogP contribution is 2.29. The smallest absolute Gasteiger partial charge is 0.306 e. The zero-order valence-electron chi connectivity index (χ0n) is 16.3. The lowest BCUT2D eigenvalue weighted by Gasteiger charge is -2.32. The van der Waals surface area contributed by atoms with E-state index in [2.05, 4.69) is 29.6 Å². The molecule has 2 amide bonds. The second kappa shape index (κ2) is 9.71. The summed E-state index contributed by atoms with van der Waals surface area (Å²) in [4.78, 5) is 37.6. The molecule has 0 spiro atoms. The molecule has 1 saturated carbocycles. The SMILES string of the molecule is O=C(O)C1CCC(C(=O)NCC(=O)N2CCC(Cc3ccccc3)CC2)CC1. The van der Waals surface area contributed by atoms with Gasteiger partial charge in [-0.1, -0.05) is 30.3 Å². The number of carboxylic acids is 1. The van der Waals surface area contributed by atoms with Gasteiger partial charge in [0.2, 0.25) is 11.8 Å². The quantitative estimate of drug-likeness (QED) is 0.786. The number of aliphatic carboxylic acids is 1. The fourth-order valence-electron chi connectivity index (χ4n) is 4.36. The van der Waals surface area contributed by atoms with Gasteiger partial charge in [0.05, 0.1) is 12.5 Å². The van der Waals surface area contributed by atoms with Crippen LogP contribution in [0, 0.1) is 17.8 Å². The summed E-state index contributed by atoms with van der Waals surface area (Å²) >= 11 is 0. The minimum Gasteiger partial charge on any atom is -0.481 e. The lowest BCUT2D eigenvalue weighted by Crippen LogP contribution is -2.45. The molecule has 0 radical (unpaired) electrons. The van der Waals surface area contributed by atoms with Gasteiger partial charge in [-0.15, -0.1) is 0 Å². The van der Waals surface area contributed by atoms with Crippen LogP contribution in [0.4, 0.5) is 0 Å². The first kappa shape index (κ1) is 20.4. The molecule has 1 aromatic rings. The van der Waals surface area contributed by atoms with Crippen molar-refractivity contribution < 1.29 is 19.5 Å². The number of carbonyl (C=O) groups is 3. The van der Waals surface area contributed by atoms with Crippen molar-refractivity contribution in [3.8, 4) is 0 Å². The van der Waals surface area contributed by atoms with Crippen molar-refractivity contribution >= 4 is 17.8 Å². The van der Waals surface area contributed by atoms with E-state index in [0.29, 0.717) is 31.6 Å². The van der Waals surface area contributed by atoms with Crippen LogP contribution in [0.5, 0.6) is 0 Å². The van der Waals surface area contributed by atoms with Crippen LogP contribution >= 0.6 is 0 Å². The van der Waals surface area contributed by atoms with E-state index < -0.39 is 5.97 Å². The van der Waals surface area contributed by atoms with Gasteiger partial charge in [0.1, 0.15) is 0 Å². The van der Waals surface area contributed by atoms with Crippen LogP contribution in [0.1, 0.15) is 44.1 Å². The first-order valence-electron chi connectivity index (χ1n) is 10.3. The molecule has 2 N–H and O–H groups in total. The van der Waals surface area contributed by atoms with Crippen molar-refractivity contribution in [2.24, 2.45) is 17.8 Å². The highest BCUT2D eigenvalue weighted by molar-refractivity contribution is 5.86. The number of piperidine rings is 1. The summed E-state index contributed by atoms with van der Waals surface area (Å²) in [5.41, 5.74) is 1.34. The van der Waals surface area contributed by atoms with Crippen molar-refractivity contribution in [3.63, 3.8) is 0 Å². The van der Waals surface area contributed by atoms with Crippen LogP contribution in [0.3, 0.4) is 0 Å². The third-order valence-electron chi connectivity index (χ3n) is 6.20. The van der Waals surface area contributed by atoms with Gasteiger partial charge >= 0.3 is 5.97 Å². The maximum atomic E-state index is 12.4. The Balaban J connectivity index is 1.35. The van der Waals surface area contributed by atoms with Gasteiger partial charge in [-0.2, -0.15) is 0 Å². The maximum absolute atomic E-state index is 12.4. The molecule has 0 atom stereocenters. The summed E-state index contributed by atoms with van der Waals surface area (Å²) in [6, 6.07) is 10.4. The van der Waals surface area contributed by atoms with Crippen LogP contribution < -0.4 is 5.32 Å². The third kappa shape index (κ3) is 5.57. The fraction of sp³-hybridized carbons (Fsp3) is 0.591. The van der Waals surface area contributed by atoms with E-state index in [4.69, 9.17) is 5.11 Å². The molecule has 0 bridgehead atoms. The average molecular weight is 386 g/mol. The largest absolute Gasteiger partial charge is 0.481 e. The molecule has 28 heavy (non-hydrogen) atoms. The minimum atomic E-state index is -0.773. The van der Waals surface area contributed by atoms with Gasteiger partial charge in [0, 0.05) is 19.0 Å². The van der Waals surface area contributed by atoms with Gasteiger partial charge in [-0.25, -0.2) is 0 Å². The Bertz CT molecular complexity index is 675. The average Bonchev–Trinajstić information content (AvgIpc) is 2.73. The van der Waals surface area contributed by atoms with E-state index in [1.807, 2.05) is 11.0 Å². The summed E-state index contributed by atoms with van der Waals surface area (Å²) in [6.45, 7) is 1.53. The molecule has 152 valence electrons. The molecule has 2 fully saturated rings. The molecule has 6 heteroatoms. The highest BCUT2D eigenvalue weighted by Gasteiger charge is 2.30. The first-order valence-corrected chi connectivity index (χ1v) is 10.3. The molecule has 1 saturated heterocycles. The molecular formula is C22H30N2O4. The van der Waals surface area contributed by atoms with E-state index in [9.17, 15) is 14.4 Å². The Labute approximate surface area is 166 Å². The van der Waals surface area contributed by atoms with E-state index >= 15 is 0 Å². The van der Waals surface area contributed by atoms with Crippen LogP contribution in [0.2, 0.25) is 0 Å². The van der Waals surface area contributed by atoms with Crippen LogP contribution in [0.25, 0.3) is 0 Å². The number of nitrogens with zero attached hydrogens (tertiary/aromatic N) is 1. The van der Waals surface area contributed by atoms with Crippen molar-refractivity contribution in [3.05, 3.63) is 35.9 Å². The maximum Gasteiger partial charge on any atom is 0.306 e. The molecule has 1 aromatic carbocycles. The summed E-state index contributed by atoms with van der Waals surface area (Å²) in [7, 11) is 0. The van der Waals surface area contributed by atoms with Gasteiger partial charge < -0.3 is 15.3 Å². The van der Waals surface area contributed by atoms with Crippen molar-refractivity contribution in [1.29, 1.82) is 0 Å². The number of carboxylic acid groups (broad SMARTS) is 1. The van der Waals surface area contributed by atoms with Gasteiger partial charge in [-0.05, 0) is 56.4 Å². The van der Waals surface area contributed by atoms with Gasteiger partial charge in [0.25, 0.3) is 0 Å². The number of hydrogen-bond donors (Lipinski definition) is 2. The third-order valence-corrected chi connectivity index (χ3v) is 6.20. The molecule has 1 heterocycles.